The van der Waals surface area contributed by atoms with E-state index in [0.29, 0.717) is 0 Å². The molecule has 10 aromatic carbocycles. The lowest BCUT2D eigenvalue weighted by Crippen LogP contribution is -2.22. The number of fused-ring (bicyclic) bond motifs is 8. The van der Waals surface area contributed by atoms with Gasteiger partial charge in [0, 0.05) is 5.41 Å². The standard InChI is InChI=1S/C56H36/c1-56(42-19-6-3-7-20-42)51-25-11-10-22-45(51)49-31-37-26-27-39(30-41(37)34-52(49)56)43-29-28-40(33-48(43)35-14-4-2-5-15-35)54-44-21-9-8-16-38(44)32-50-46-23-12-17-36-18-13-24-47(53(36)46)55(50)54/h2-34H,1H3. The van der Waals surface area contributed by atoms with E-state index in [4.69, 9.17) is 0 Å². The van der Waals surface area contributed by atoms with Gasteiger partial charge in [-0.25, -0.2) is 0 Å². The van der Waals surface area contributed by atoms with Gasteiger partial charge in [0.1, 0.15) is 0 Å². The van der Waals surface area contributed by atoms with E-state index in [0.717, 1.165) is 0 Å². The predicted octanol–water partition coefficient (Wildman–Crippen LogP) is 15.1. The maximum absolute atomic E-state index is 2.47. The second-order valence-corrected chi connectivity index (χ2v) is 15.7. The monoisotopic (exact) mass is 708 g/mol. The number of rotatable bonds is 4. The Morgan fingerprint density at radius 3 is 1.84 bits per heavy atom. The Labute approximate surface area is 327 Å². The fourth-order valence-corrected chi connectivity index (χ4v) is 10.2. The maximum Gasteiger partial charge on any atom is 0.0435 e. The van der Waals surface area contributed by atoms with Crippen molar-refractivity contribution in [2.75, 3.05) is 0 Å². The first-order valence-corrected chi connectivity index (χ1v) is 19.7. The smallest absolute Gasteiger partial charge is 0.0435 e. The Balaban J connectivity index is 1.08. The van der Waals surface area contributed by atoms with Crippen LogP contribution in [0.25, 0.3) is 99.1 Å². The van der Waals surface area contributed by atoms with Crippen LogP contribution in [0.15, 0.2) is 200 Å². The van der Waals surface area contributed by atoms with E-state index in [1.807, 2.05) is 0 Å². The summed E-state index contributed by atoms with van der Waals surface area (Å²) < 4.78 is 0. The molecule has 10 aromatic rings. The predicted molar refractivity (Wildman–Crippen MR) is 237 cm³/mol. The van der Waals surface area contributed by atoms with Crippen molar-refractivity contribution in [3.63, 3.8) is 0 Å². The summed E-state index contributed by atoms with van der Waals surface area (Å²) in [6, 6.07) is 74.9. The fraction of sp³-hybridized carbons (Fsp3) is 0.0357. The third kappa shape index (κ3) is 4.36. The summed E-state index contributed by atoms with van der Waals surface area (Å²) in [5.74, 6) is 0. The van der Waals surface area contributed by atoms with Crippen molar-refractivity contribution < 1.29 is 0 Å². The van der Waals surface area contributed by atoms with Crippen LogP contribution in [-0.4, -0.2) is 0 Å². The zero-order valence-electron chi connectivity index (χ0n) is 31.1. The van der Waals surface area contributed by atoms with Gasteiger partial charge in [0.25, 0.3) is 0 Å². The lowest BCUT2D eigenvalue weighted by Gasteiger charge is -2.28. The molecule has 12 rings (SSSR count). The fourth-order valence-electron chi connectivity index (χ4n) is 10.2. The molecule has 2 aliphatic rings. The highest BCUT2D eigenvalue weighted by molar-refractivity contribution is 6.22. The molecule has 1 atom stereocenters. The van der Waals surface area contributed by atoms with Crippen LogP contribution in [0.4, 0.5) is 0 Å². The van der Waals surface area contributed by atoms with E-state index < -0.39 is 0 Å². The van der Waals surface area contributed by atoms with Crippen molar-refractivity contribution in [1.82, 2.24) is 0 Å². The van der Waals surface area contributed by atoms with Gasteiger partial charge in [0.05, 0.1) is 0 Å². The first-order valence-electron chi connectivity index (χ1n) is 19.7. The topological polar surface area (TPSA) is 0 Å². The van der Waals surface area contributed by atoms with Gasteiger partial charge < -0.3 is 0 Å². The third-order valence-electron chi connectivity index (χ3n) is 12.8. The quantitative estimate of drug-likeness (QED) is 0.171. The molecule has 0 heteroatoms. The van der Waals surface area contributed by atoms with E-state index in [9.17, 15) is 0 Å². The average molecular weight is 709 g/mol. The summed E-state index contributed by atoms with van der Waals surface area (Å²) in [5.41, 5.74) is 19.3. The van der Waals surface area contributed by atoms with Crippen molar-refractivity contribution in [2.24, 2.45) is 0 Å². The Morgan fingerprint density at radius 1 is 0.304 bits per heavy atom. The summed E-state index contributed by atoms with van der Waals surface area (Å²) in [5, 5.41) is 7.72. The highest BCUT2D eigenvalue weighted by Crippen LogP contribution is 2.55. The van der Waals surface area contributed by atoms with Crippen molar-refractivity contribution in [2.45, 2.75) is 12.3 Å². The molecule has 2 aliphatic carbocycles. The minimum atomic E-state index is -0.239. The maximum atomic E-state index is 2.47. The van der Waals surface area contributed by atoms with Crippen molar-refractivity contribution in [3.8, 4) is 66.8 Å². The molecule has 0 aromatic heterocycles. The van der Waals surface area contributed by atoms with Gasteiger partial charge in [0.15, 0.2) is 0 Å². The molecule has 0 heterocycles. The first kappa shape index (κ1) is 31.3. The summed E-state index contributed by atoms with van der Waals surface area (Å²) >= 11 is 0. The lowest BCUT2D eigenvalue weighted by molar-refractivity contribution is 0.715. The van der Waals surface area contributed by atoms with Gasteiger partial charge in [-0.05, 0) is 153 Å². The van der Waals surface area contributed by atoms with Crippen LogP contribution < -0.4 is 0 Å². The molecule has 0 fully saturated rings. The van der Waals surface area contributed by atoms with Gasteiger partial charge in [-0.2, -0.15) is 0 Å². The molecule has 0 nitrogen and oxygen atoms in total. The molecule has 0 saturated heterocycles. The van der Waals surface area contributed by atoms with Crippen LogP contribution in [0.5, 0.6) is 0 Å². The first-order chi connectivity index (χ1) is 27.6. The van der Waals surface area contributed by atoms with Crippen LogP contribution in [-0.2, 0) is 5.41 Å². The van der Waals surface area contributed by atoms with E-state index in [1.165, 1.54) is 116 Å². The van der Waals surface area contributed by atoms with Crippen LogP contribution in [0.3, 0.4) is 0 Å². The molecule has 0 spiro atoms. The Kier molecular flexibility index (Phi) is 6.57. The Morgan fingerprint density at radius 2 is 0.982 bits per heavy atom. The van der Waals surface area contributed by atoms with E-state index >= 15 is 0 Å². The van der Waals surface area contributed by atoms with Crippen molar-refractivity contribution in [3.05, 3.63) is 217 Å². The average Bonchev–Trinajstić information content (AvgIpc) is 3.72. The van der Waals surface area contributed by atoms with Crippen LogP contribution in [0.2, 0.25) is 0 Å². The molecule has 0 radical (unpaired) electrons. The second kappa shape index (κ2) is 11.7. The highest BCUT2D eigenvalue weighted by Gasteiger charge is 2.40. The highest BCUT2D eigenvalue weighted by atomic mass is 14.4. The molecule has 260 valence electrons. The van der Waals surface area contributed by atoms with E-state index in [2.05, 4.69) is 207 Å². The van der Waals surface area contributed by atoms with Gasteiger partial charge in [0.2, 0.25) is 0 Å². The molecule has 1 unspecified atom stereocenters. The van der Waals surface area contributed by atoms with Gasteiger partial charge >= 0.3 is 0 Å². The molecule has 0 bridgehead atoms. The summed E-state index contributed by atoms with van der Waals surface area (Å²) in [6.45, 7) is 2.40. The zero-order chi connectivity index (χ0) is 37.0. The third-order valence-corrected chi connectivity index (χ3v) is 12.8. The van der Waals surface area contributed by atoms with Crippen molar-refractivity contribution >= 4 is 32.3 Å². The summed E-state index contributed by atoms with van der Waals surface area (Å²) in [4.78, 5) is 0. The van der Waals surface area contributed by atoms with Gasteiger partial charge in [-0.15, -0.1) is 0 Å². The van der Waals surface area contributed by atoms with Gasteiger partial charge in [-0.3, -0.25) is 0 Å². The summed E-state index contributed by atoms with van der Waals surface area (Å²) in [6.07, 6.45) is 0. The molecular weight excluding hydrogens is 673 g/mol. The van der Waals surface area contributed by atoms with Crippen molar-refractivity contribution in [1.29, 1.82) is 0 Å². The number of benzene rings is 10. The largest absolute Gasteiger partial charge is 0.0622 e. The molecule has 0 saturated carbocycles. The Hall–Kier alpha value is -7.02. The molecular formula is C56H36. The summed E-state index contributed by atoms with van der Waals surface area (Å²) in [7, 11) is 0. The number of hydrogen-bond acceptors (Lipinski definition) is 0. The second-order valence-electron chi connectivity index (χ2n) is 15.7. The van der Waals surface area contributed by atoms with E-state index in [1.54, 1.807) is 0 Å². The number of hydrogen-bond donors (Lipinski definition) is 0. The van der Waals surface area contributed by atoms with E-state index in [-0.39, 0.29) is 5.41 Å². The normalized spacial score (nSPS) is 14.9. The lowest BCUT2D eigenvalue weighted by atomic mass is 9.74. The minimum absolute atomic E-state index is 0.239. The zero-order valence-corrected chi connectivity index (χ0v) is 31.1. The molecule has 56 heavy (non-hydrogen) atoms. The van der Waals surface area contributed by atoms with Crippen LogP contribution in [0.1, 0.15) is 23.6 Å². The molecule has 0 aliphatic heterocycles. The van der Waals surface area contributed by atoms with Crippen LogP contribution in [0, 0.1) is 0 Å². The Bertz CT molecular complexity index is 3240. The van der Waals surface area contributed by atoms with Gasteiger partial charge in [-0.1, -0.05) is 170 Å². The molecule has 0 amide bonds. The van der Waals surface area contributed by atoms with Crippen LogP contribution >= 0.6 is 0 Å². The molecule has 0 N–H and O–H groups in total. The minimum Gasteiger partial charge on any atom is -0.0622 e. The SMILES string of the molecule is CC1(c2ccccc2)c2ccccc2-c2cc3ccc(-c4ccc(-c5c6c(cc7ccccc57)-c5cccc7cccc-6c57)cc4-c4ccccc4)cc3cc21.